The average molecular weight is 258 g/mol. The standard InChI is InChI=1S/C15H22N4/c1-10(2)12-5-8-19(9-6-12)15-13-4-7-16-14(13)17-11(3)18-15/h4,7,10,12H,5-6,8-9H2,1-3H3,(H,16,17,18). The molecule has 2 aromatic heterocycles. The predicted octanol–water partition coefficient (Wildman–Crippen LogP) is 3.14. The van der Waals surface area contributed by atoms with Crippen molar-refractivity contribution in [3.8, 4) is 0 Å². The fourth-order valence-corrected chi connectivity index (χ4v) is 3.05. The van der Waals surface area contributed by atoms with Gasteiger partial charge in [-0.05, 0) is 37.7 Å². The molecule has 0 aliphatic carbocycles. The number of anilines is 1. The molecule has 3 heterocycles. The van der Waals surface area contributed by atoms with Gasteiger partial charge in [-0.3, -0.25) is 0 Å². The summed E-state index contributed by atoms with van der Waals surface area (Å²) in [7, 11) is 0. The highest BCUT2D eigenvalue weighted by Crippen LogP contribution is 2.30. The minimum absolute atomic E-state index is 0.793. The van der Waals surface area contributed by atoms with E-state index in [0.717, 1.165) is 47.6 Å². The summed E-state index contributed by atoms with van der Waals surface area (Å²) >= 11 is 0. The third-order valence-corrected chi connectivity index (χ3v) is 4.29. The van der Waals surface area contributed by atoms with E-state index in [0.29, 0.717) is 0 Å². The lowest BCUT2D eigenvalue weighted by atomic mass is 9.87. The van der Waals surface area contributed by atoms with E-state index in [1.807, 2.05) is 13.1 Å². The van der Waals surface area contributed by atoms with Gasteiger partial charge >= 0.3 is 0 Å². The van der Waals surface area contributed by atoms with Gasteiger partial charge < -0.3 is 9.88 Å². The Kier molecular flexibility index (Phi) is 3.17. The van der Waals surface area contributed by atoms with Crippen LogP contribution in [0.5, 0.6) is 0 Å². The molecule has 0 atom stereocenters. The summed E-state index contributed by atoms with van der Waals surface area (Å²) in [6.45, 7) is 8.85. The van der Waals surface area contributed by atoms with Crippen molar-refractivity contribution in [1.29, 1.82) is 0 Å². The Bertz CT molecular complexity index is 565. The smallest absolute Gasteiger partial charge is 0.143 e. The number of H-pyrrole nitrogens is 1. The van der Waals surface area contributed by atoms with Crippen LogP contribution in [0.25, 0.3) is 11.0 Å². The molecule has 102 valence electrons. The van der Waals surface area contributed by atoms with Crippen LogP contribution in [-0.2, 0) is 0 Å². The first-order valence-corrected chi connectivity index (χ1v) is 7.22. The van der Waals surface area contributed by atoms with Gasteiger partial charge in [0.1, 0.15) is 17.3 Å². The third kappa shape index (κ3) is 2.31. The lowest BCUT2D eigenvalue weighted by molar-refractivity contribution is 0.311. The summed E-state index contributed by atoms with van der Waals surface area (Å²) in [5.74, 6) is 3.60. The molecule has 0 aromatic carbocycles. The van der Waals surface area contributed by atoms with Crippen LogP contribution in [0.15, 0.2) is 12.3 Å². The average Bonchev–Trinajstić information content (AvgIpc) is 2.85. The van der Waals surface area contributed by atoms with Gasteiger partial charge in [0, 0.05) is 19.3 Å². The van der Waals surface area contributed by atoms with Gasteiger partial charge in [0.25, 0.3) is 0 Å². The van der Waals surface area contributed by atoms with Gasteiger partial charge in [-0.15, -0.1) is 0 Å². The SMILES string of the molecule is Cc1nc(N2CCC(C(C)C)CC2)c2cc[nH]c2n1. The van der Waals surface area contributed by atoms with Crippen LogP contribution in [0.4, 0.5) is 5.82 Å². The fraction of sp³-hybridized carbons (Fsp3) is 0.600. The Morgan fingerprint density at radius 2 is 2.00 bits per heavy atom. The van der Waals surface area contributed by atoms with Crippen molar-refractivity contribution >= 4 is 16.9 Å². The Morgan fingerprint density at radius 3 is 2.68 bits per heavy atom. The minimum Gasteiger partial charge on any atom is -0.356 e. The summed E-state index contributed by atoms with van der Waals surface area (Å²) < 4.78 is 0. The molecule has 0 amide bonds. The molecule has 1 aliphatic rings. The van der Waals surface area contributed by atoms with E-state index in [9.17, 15) is 0 Å². The summed E-state index contributed by atoms with van der Waals surface area (Å²) in [5.41, 5.74) is 0.952. The van der Waals surface area contributed by atoms with E-state index in [-0.39, 0.29) is 0 Å². The summed E-state index contributed by atoms with van der Waals surface area (Å²) in [6.07, 6.45) is 4.49. The fourth-order valence-electron chi connectivity index (χ4n) is 3.05. The quantitative estimate of drug-likeness (QED) is 0.900. The molecular weight excluding hydrogens is 236 g/mol. The predicted molar refractivity (Wildman–Crippen MR) is 78.4 cm³/mol. The zero-order chi connectivity index (χ0) is 13.4. The maximum Gasteiger partial charge on any atom is 0.143 e. The van der Waals surface area contributed by atoms with Crippen molar-refractivity contribution in [2.45, 2.75) is 33.6 Å². The first-order chi connectivity index (χ1) is 9.15. The lowest BCUT2D eigenvalue weighted by Gasteiger charge is -2.34. The highest BCUT2D eigenvalue weighted by Gasteiger charge is 2.23. The number of hydrogen-bond donors (Lipinski definition) is 1. The van der Waals surface area contributed by atoms with Gasteiger partial charge in [-0.1, -0.05) is 13.8 Å². The number of aromatic amines is 1. The van der Waals surface area contributed by atoms with Crippen LogP contribution in [0, 0.1) is 18.8 Å². The molecule has 0 saturated carbocycles. The summed E-state index contributed by atoms with van der Waals surface area (Å²) in [5, 5.41) is 1.15. The van der Waals surface area contributed by atoms with Crippen molar-refractivity contribution in [2.24, 2.45) is 11.8 Å². The second kappa shape index (κ2) is 4.83. The number of fused-ring (bicyclic) bond motifs is 1. The second-order valence-corrected chi connectivity index (χ2v) is 5.90. The number of piperidine rings is 1. The van der Waals surface area contributed by atoms with Crippen LogP contribution >= 0.6 is 0 Å². The molecule has 4 heteroatoms. The number of aryl methyl sites for hydroxylation is 1. The number of rotatable bonds is 2. The highest BCUT2D eigenvalue weighted by molar-refractivity contribution is 5.87. The normalized spacial score (nSPS) is 17.6. The first kappa shape index (κ1) is 12.5. The molecule has 1 N–H and O–H groups in total. The Hall–Kier alpha value is -1.58. The first-order valence-electron chi connectivity index (χ1n) is 7.22. The monoisotopic (exact) mass is 258 g/mol. The van der Waals surface area contributed by atoms with Crippen LogP contribution in [-0.4, -0.2) is 28.0 Å². The van der Waals surface area contributed by atoms with Crippen molar-refractivity contribution in [3.05, 3.63) is 18.1 Å². The van der Waals surface area contributed by atoms with E-state index < -0.39 is 0 Å². The topological polar surface area (TPSA) is 44.8 Å². The highest BCUT2D eigenvalue weighted by atomic mass is 15.2. The Labute approximate surface area is 114 Å². The van der Waals surface area contributed by atoms with Crippen LogP contribution in [0.2, 0.25) is 0 Å². The number of aromatic nitrogens is 3. The molecule has 2 aromatic rings. The maximum absolute atomic E-state index is 4.66. The zero-order valence-corrected chi connectivity index (χ0v) is 12.0. The summed E-state index contributed by atoms with van der Waals surface area (Å²) in [6, 6.07) is 2.08. The molecule has 1 aliphatic heterocycles. The lowest BCUT2D eigenvalue weighted by Crippen LogP contribution is -2.36. The van der Waals surface area contributed by atoms with Crippen LogP contribution < -0.4 is 4.90 Å². The molecule has 4 nitrogen and oxygen atoms in total. The molecule has 3 rings (SSSR count). The van der Waals surface area contributed by atoms with Gasteiger partial charge in [-0.25, -0.2) is 9.97 Å². The maximum atomic E-state index is 4.66. The van der Waals surface area contributed by atoms with Crippen molar-refractivity contribution < 1.29 is 0 Å². The number of hydrogen-bond acceptors (Lipinski definition) is 3. The number of nitrogens with zero attached hydrogens (tertiary/aromatic N) is 3. The van der Waals surface area contributed by atoms with Crippen molar-refractivity contribution in [2.75, 3.05) is 18.0 Å². The Morgan fingerprint density at radius 1 is 1.26 bits per heavy atom. The van der Waals surface area contributed by atoms with Crippen molar-refractivity contribution in [3.63, 3.8) is 0 Å². The van der Waals surface area contributed by atoms with E-state index in [4.69, 9.17) is 0 Å². The van der Waals surface area contributed by atoms with E-state index in [1.54, 1.807) is 0 Å². The Balaban J connectivity index is 1.87. The van der Waals surface area contributed by atoms with Gasteiger partial charge in [-0.2, -0.15) is 0 Å². The minimum atomic E-state index is 0.793. The number of nitrogens with one attached hydrogen (secondary N) is 1. The van der Waals surface area contributed by atoms with Gasteiger partial charge in [0.05, 0.1) is 5.39 Å². The molecular formula is C15H22N4. The molecule has 0 spiro atoms. The summed E-state index contributed by atoms with van der Waals surface area (Å²) in [4.78, 5) is 14.7. The molecule has 0 radical (unpaired) electrons. The molecule has 0 unspecified atom stereocenters. The molecule has 0 bridgehead atoms. The van der Waals surface area contributed by atoms with Gasteiger partial charge in [0.15, 0.2) is 0 Å². The molecule has 1 fully saturated rings. The molecule has 19 heavy (non-hydrogen) atoms. The third-order valence-electron chi connectivity index (χ3n) is 4.29. The van der Waals surface area contributed by atoms with Crippen LogP contribution in [0.3, 0.4) is 0 Å². The van der Waals surface area contributed by atoms with Crippen molar-refractivity contribution in [1.82, 2.24) is 15.0 Å². The largest absolute Gasteiger partial charge is 0.356 e. The van der Waals surface area contributed by atoms with E-state index in [2.05, 4.69) is 39.8 Å². The zero-order valence-electron chi connectivity index (χ0n) is 12.0. The van der Waals surface area contributed by atoms with E-state index in [1.165, 1.54) is 12.8 Å². The van der Waals surface area contributed by atoms with Crippen LogP contribution in [0.1, 0.15) is 32.5 Å². The van der Waals surface area contributed by atoms with E-state index >= 15 is 0 Å². The second-order valence-electron chi connectivity index (χ2n) is 5.90. The molecule has 1 saturated heterocycles. The van der Waals surface area contributed by atoms with Gasteiger partial charge in [0.2, 0.25) is 0 Å².